The number of pyridine rings is 1. The van der Waals surface area contributed by atoms with Gasteiger partial charge in [0.15, 0.2) is 0 Å². The van der Waals surface area contributed by atoms with E-state index >= 15 is 0 Å². The molecular formula is C20H21N3O2. The third-order valence-electron chi connectivity index (χ3n) is 4.71. The number of fused-ring (bicyclic) bond motifs is 1. The monoisotopic (exact) mass is 335 g/mol. The second-order valence-electron chi connectivity index (χ2n) is 6.18. The van der Waals surface area contributed by atoms with E-state index in [4.69, 9.17) is 10.00 Å². The van der Waals surface area contributed by atoms with Crippen molar-refractivity contribution in [2.45, 2.75) is 33.2 Å². The Bertz CT molecular complexity index is 855. The Morgan fingerprint density at radius 1 is 1.44 bits per heavy atom. The third-order valence-corrected chi connectivity index (χ3v) is 4.71. The van der Waals surface area contributed by atoms with E-state index in [9.17, 15) is 4.79 Å². The molecule has 0 saturated carbocycles. The highest BCUT2D eigenvalue weighted by atomic mass is 16.5. The maximum atomic E-state index is 12.9. The molecule has 1 aromatic carbocycles. The minimum absolute atomic E-state index is 0.0292. The van der Waals surface area contributed by atoms with Crippen molar-refractivity contribution in [1.29, 1.82) is 5.26 Å². The lowest BCUT2D eigenvalue weighted by Gasteiger charge is -2.34. The average molecular weight is 335 g/mol. The lowest BCUT2D eigenvalue weighted by atomic mass is 9.93. The van der Waals surface area contributed by atoms with Crippen molar-refractivity contribution in [3.8, 4) is 11.8 Å². The van der Waals surface area contributed by atoms with Crippen LogP contribution in [0.15, 0.2) is 30.5 Å². The second kappa shape index (κ2) is 6.94. The van der Waals surface area contributed by atoms with Gasteiger partial charge in [0.1, 0.15) is 17.4 Å². The third kappa shape index (κ3) is 3.08. The number of amides is 1. The van der Waals surface area contributed by atoms with Gasteiger partial charge < -0.3 is 9.64 Å². The summed E-state index contributed by atoms with van der Waals surface area (Å²) in [6, 6.07) is 9.53. The molecule has 0 fully saturated rings. The highest BCUT2D eigenvalue weighted by Crippen LogP contribution is 2.30. The first-order valence-corrected chi connectivity index (χ1v) is 8.49. The number of nitrogens with zero attached hydrogens (tertiary/aromatic N) is 3. The number of carbonyl (C=O) groups is 1. The topological polar surface area (TPSA) is 66.2 Å². The molecule has 2 heterocycles. The zero-order valence-corrected chi connectivity index (χ0v) is 14.7. The van der Waals surface area contributed by atoms with E-state index in [1.165, 1.54) is 6.20 Å². The second-order valence-corrected chi connectivity index (χ2v) is 6.18. The Kier molecular flexibility index (Phi) is 4.71. The van der Waals surface area contributed by atoms with Gasteiger partial charge >= 0.3 is 0 Å². The van der Waals surface area contributed by atoms with Gasteiger partial charge in [0.2, 0.25) is 0 Å². The van der Waals surface area contributed by atoms with Crippen molar-refractivity contribution >= 4 is 5.91 Å². The predicted octanol–water partition coefficient (Wildman–Crippen LogP) is 3.42. The minimum atomic E-state index is -0.187. The zero-order chi connectivity index (χ0) is 18.0. The molecule has 1 unspecified atom stereocenters. The fourth-order valence-corrected chi connectivity index (χ4v) is 3.29. The molecule has 0 bridgehead atoms. The van der Waals surface area contributed by atoms with Gasteiger partial charge in [-0.15, -0.1) is 0 Å². The smallest absolute Gasteiger partial charge is 0.254 e. The number of hydrogen-bond acceptors (Lipinski definition) is 4. The van der Waals surface area contributed by atoms with Crippen LogP contribution in [0, 0.1) is 18.3 Å². The molecule has 1 amide bonds. The number of carbonyl (C=O) groups excluding carboxylic acids is 1. The minimum Gasteiger partial charge on any atom is -0.492 e. The molecule has 0 spiro atoms. The van der Waals surface area contributed by atoms with Crippen LogP contribution < -0.4 is 4.74 Å². The molecule has 1 aliphatic rings. The molecule has 0 radical (unpaired) electrons. The van der Waals surface area contributed by atoms with Gasteiger partial charge in [-0.25, -0.2) is 0 Å². The van der Waals surface area contributed by atoms with Gasteiger partial charge in [0, 0.05) is 24.4 Å². The molecule has 1 aromatic heterocycles. The molecule has 3 rings (SSSR count). The average Bonchev–Trinajstić information content (AvgIpc) is 2.62. The summed E-state index contributed by atoms with van der Waals surface area (Å²) in [5.41, 5.74) is 4.21. The van der Waals surface area contributed by atoms with Crippen LogP contribution in [0.4, 0.5) is 0 Å². The van der Waals surface area contributed by atoms with Crippen LogP contribution >= 0.6 is 0 Å². The molecule has 5 nitrogen and oxygen atoms in total. The van der Waals surface area contributed by atoms with E-state index in [0.717, 1.165) is 28.8 Å². The summed E-state index contributed by atoms with van der Waals surface area (Å²) >= 11 is 0. The molecule has 2 aromatic rings. The summed E-state index contributed by atoms with van der Waals surface area (Å²) in [6.45, 7) is 7.01. The maximum absolute atomic E-state index is 12.9. The van der Waals surface area contributed by atoms with E-state index in [1.807, 2.05) is 43.9 Å². The fourth-order valence-electron chi connectivity index (χ4n) is 3.29. The summed E-state index contributed by atoms with van der Waals surface area (Å²) in [4.78, 5) is 19.2. The van der Waals surface area contributed by atoms with Gasteiger partial charge in [-0.2, -0.15) is 5.26 Å². The molecule has 0 saturated heterocycles. The summed E-state index contributed by atoms with van der Waals surface area (Å²) < 4.78 is 5.54. The fraction of sp³-hybridized carbons (Fsp3) is 0.350. The summed E-state index contributed by atoms with van der Waals surface area (Å²) in [6.07, 6.45) is 2.36. The zero-order valence-electron chi connectivity index (χ0n) is 14.7. The van der Waals surface area contributed by atoms with Crippen molar-refractivity contribution in [2.75, 3.05) is 13.2 Å². The van der Waals surface area contributed by atoms with E-state index in [-0.39, 0.29) is 11.9 Å². The summed E-state index contributed by atoms with van der Waals surface area (Å²) in [5.74, 6) is 0.545. The lowest BCUT2D eigenvalue weighted by Crippen LogP contribution is -2.39. The molecule has 25 heavy (non-hydrogen) atoms. The SMILES string of the molecule is CCOc1cc(C(C)N2CCc3c(C)cccc3C2=O)ncc1C#N. The van der Waals surface area contributed by atoms with Crippen molar-refractivity contribution in [2.24, 2.45) is 0 Å². The predicted molar refractivity (Wildman–Crippen MR) is 94.5 cm³/mol. The first kappa shape index (κ1) is 17.0. The van der Waals surface area contributed by atoms with Crippen LogP contribution in [0.2, 0.25) is 0 Å². The number of aryl methyl sites for hydroxylation is 1. The van der Waals surface area contributed by atoms with Crippen molar-refractivity contribution in [3.63, 3.8) is 0 Å². The molecule has 128 valence electrons. The van der Waals surface area contributed by atoms with Crippen molar-refractivity contribution < 1.29 is 9.53 Å². The number of rotatable bonds is 4. The quantitative estimate of drug-likeness (QED) is 0.858. The van der Waals surface area contributed by atoms with Crippen LogP contribution in [-0.2, 0) is 6.42 Å². The maximum Gasteiger partial charge on any atom is 0.254 e. The Morgan fingerprint density at radius 2 is 2.24 bits per heavy atom. The van der Waals surface area contributed by atoms with Crippen LogP contribution in [0.25, 0.3) is 0 Å². The Morgan fingerprint density at radius 3 is 2.96 bits per heavy atom. The highest BCUT2D eigenvalue weighted by Gasteiger charge is 2.30. The van der Waals surface area contributed by atoms with E-state index in [1.54, 1.807) is 6.07 Å². The first-order chi connectivity index (χ1) is 12.1. The van der Waals surface area contributed by atoms with Gasteiger partial charge in [-0.3, -0.25) is 9.78 Å². The molecule has 1 aliphatic heterocycles. The number of hydrogen-bond donors (Lipinski definition) is 0. The van der Waals surface area contributed by atoms with Crippen molar-refractivity contribution in [3.05, 3.63) is 58.4 Å². The molecule has 1 atom stereocenters. The number of ether oxygens (including phenoxy) is 1. The van der Waals surface area contributed by atoms with Gasteiger partial charge in [-0.05, 0) is 44.4 Å². The van der Waals surface area contributed by atoms with Crippen LogP contribution in [0.5, 0.6) is 5.75 Å². The largest absolute Gasteiger partial charge is 0.492 e. The molecule has 0 aliphatic carbocycles. The lowest BCUT2D eigenvalue weighted by molar-refractivity contribution is 0.0668. The standard InChI is InChI=1S/C20H21N3O2/c1-4-25-19-10-18(22-12-15(19)11-21)14(3)23-9-8-16-13(2)6-5-7-17(16)20(23)24/h5-7,10,12,14H,4,8-9H2,1-3H3. The van der Waals surface area contributed by atoms with Gasteiger partial charge in [0.25, 0.3) is 5.91 Å². The van der Waals surface area contributed by atoms with E-state index in [2.05, 4.69) is 11.1 Å². The van der Waals surface area contributed by atoms with E-state index < -0.39 is 0 Å². The highest BCUT2D eigenvalue weighted by molar-refractivity contribution is 5.97. The normalized spacial score (nSPS) is 14.6. The molecule has 5 heteroatoms. The summed E-state index contributed by atoms with van der Waals surface area (Å²) in [7, 11) is 0. The summed E-state index contributed by atoms with van der Waals surface area (Å²) in [5, 5.41) is 9.17. The first-order valence-electron chi connectivity index (χ1n) is 8.49. The number of benzene rings is 1. The number of aromatic nitrogens is 1. The Labute approximate surface area is 147 Å². The van der Waals surface area contributed by atoms with E-state index in [0.29, 0.717) is 24.5 Å². The molecular weight excluding hydrogens is 314 g/mol. The number of nitriles is 1. The van der Waals surface area contributed by atoms with Gasteiger partial charge in [-0.1, -0.05) is 12.1 Å². The van der Waals surface area contributed by atoms with Crippen LogP contribution in [0.1, 0.15) is 52.6 Å². The Hall–Kier alpha value is -2.87. The van der Waals surface area contributed by atoms with Crippen LogP contribution in [0.3, 0.4) is 0 Å². The van der Waals surface area contributed by atoms with Crippen LogP contribution in [-0.4, -0.2) is 28.9 Å². The van der Waals surface area contributed by atoms with Gasteiger partial charge in [0.05, 0.1) is 18.3 Å². The van der Waals surface area contributed by atoms with Crippen molar-refractivity contribution in [1.82, 2.24) is 9.88 Å². The Balaban J connectivity index is 1.92. The molecule has 0 N–H and O–H groups in total.